The number of nitrogens with one attached hydrogen (secondary N) is 2. The molecule has 0 aliphatic heterocycles. The van der Waals surface area contributed by atoms with E-state index in [1.165, 1.54) is 0 Å². The van der Waals surface area contributed by atoms with E-state index in [1.807, 2.05) is 6.92 Å². The zero-order valence-electron chi connectivity index (χ0n) is 8.67. The average molecular weight is 202 g/mol. The second-order valence-corrected chi connectivity index (χ2v) is 2.97. The van der Waals surface area contributed by atoms with Gasteiger partial charge in [0.2, 0.25) is 5.91 Å². The first kappa shape index (κ1) is 12.9. The maximum atomic E-state index is 11.2. The molecule has 0 radical (unpaired) electrons. The number of hydrogen-bond donors (Lipinski definition) is 3. The Hall–Kier alpha value is -1.10. The number of carboxylic acid groups (broad SMARTS) is 1. The number of carbonyl (C=O) groups excluding carboxylic acids is 1. The van der Waals surface area contributed by atoms with E-state index >= 15 is 0 Å². The number of carboxylic acids is 1. The van der Waals surface area contributed by atoms with Crippen LogP contribution in [-0.2, 0) is 9.59 Å². The van der Waals surface area contributed by atoms with Crippen molar-refractivity contribution in [2.45, 2.75) is 32.7 Å². The van der Waals surface area contributed by atoms with Gasteiger partial charge in [-0.15, -0.1) is 0 Å². The van der Waals surface area contributed by atoms with Crippen molar-refractivity contribution in [3.63, 3.8) is 0 Å². The van der Waals surface area contributed by atoms with Crippen LogP contribution in [-0.4, -0.2) is 36.1 Å². The molecule has 0 aromatic rings. The topological polar surface area (TPSA) is 78.4 Å². The number of amides is 1. The third-order valence-corrected chi connectivity index (χ3v) is 1.82. The largest absolute Gasteiger partial charge is 0.480 e. The molecule has 0 rings (SSSR count). The molecule has 82 valence electrons. The van der Waals surface area contributed by atoms with Gasteiger partial charge >= 0.3 is 5.97 Å². The molecule has 0 aliphatic rings. The zero-order chi connectivity index (χ0) is 11.0. The van der Waals surface area contributed by atoms with Crippen molar-refractivity contribution >= 4 is 11.9 Å². The molecule has 0 saturated carbocycles. The molecular weight excluding hydrogens is 184 g/mol. The molecule has 1 amide bonds. The average Bonchev–Trinajstić information content (AvgIpc) is 2.14. The normalized spacial score (nSPS) is 12.1. The molecule has 14 heavy (non-hydrogen) atoms. The highest BCUT2D eigenvalue weighted by molar-refractivity contribution is 5.83. The van der Waals surface area contributed by atoms with E-state index in [0.717, 1.165) is 6.54 Å². The molecule has 3 N–H and O–H groups in total. The van der Waals surface area contributed by atoms with Crippen LogP contribution in [0.25, 0.3) is 0 Å². The second-order valence-electron chi connectivity index (χ2n) is 2.97. The third-order valence-electron chi connectivity index (χ3n) is 1.82. The van der Waals surface area contributed by atoms with Crippen molar-refractivity contribution < 1.29 is 14.7 Å². The summed E-state index contributed by atoms with van der Waals surface area (Å²) in [5.74, 6) is -1.20. The Morgan fingerprint density at radius 3 is 2.43 bits per heavy atom. The van der Waals surface area contributed by atoms with E-state index in [9.17, 15) is 9.59 Å². The lowest BCUT2D eigenvalue weighted by Crippen LogP contribution is -2.41. The van der Waals surface area contributed by atoms with Crippen LogP contribution in [0.15, 0.2) is 0 Å². The molecule has 0 bridgehead atoms. The van der Waals surface area contributed by atoms with Gasteiger partial charge in [-0.2, -0.15) is 0 Å². The van der Waals surface area contributed by atoms with Crippen molar-refractivity contribution in [1.29, 1.82) is 0 Å². The summed E-state index contributed by atoms with van der Waals surface area (Å²) in [4.78, 5) is 21.7. The van der Waals surface area contributed by atoms with Crippen LogP contribution in [0.1, 0.15) is 26.7 Å². The van der Waals surface area contributed by atoms with E-state index in [-0.39, 0.29) is 5.91 Å². The lowest BCUT2D eigenvalue weighted by atomic mass is 10.2. The van der Waals surface area contributed by atoms with Crippen molar-refractivity contribution in [3.05, 3.63) is 0 Å². The molecule has 0 aromatic heterocycles. The molecule has 0 unspecified atom stereocenters. The predicted octanol–water partition coefficient (Wildman–Crippen LogP) is -0.0346. The molecule has 5 heteroatoms. The van der Waals surface area contributed by atoms with Gasteiger partial charge in [-0.3, -0.25) is 4.79 Å². The molecular formula is C9H18N2O3. The van der Waals surface area contributed by atoms with Gasteiger partial charge in [-0.1, -0.05) is 13.8 Å². The van der Waals surface area contributed by atoms with Crippen molar-refractivity contribution in [2.24, 2.45) is 0 Å². The van der Waals surface area contributed by atoms with Gasteiger partial charge < -0.3 is 15.7 Å². The van der Waals surface area contributed by atoms with Crippen LogP contribution in [0.4, 0.5) is 0 Å². The zero-order valence-corrected chi connectivity index (χ0v) is 8.67. The summed E-state index contributed by atoms with van der Waals surface area (Å²) in [7, 11) is 0. The summed E-state index contributed by atoms with van der Waals surface area (Å²) in [6.07, 6.45) is 0.722. The minimum atomic E-state index is -0.982. The van der Waals surface area contributed by atoms with Crippen LogP contribution >= 0.6 is 0 Å². The van der Waals surface area contributed by atoms with E-state index in [2.05, 4.69) is 10.6 Å². The minimum Gasteiger partial charge on any atom is -0.480 e. The Morgan fingerprint density at radius 2 is 2.00 bits per heavy atom. The summed E-state index contributed by atoms with van der Waals surface area (Å²) in [5, 5.41) is 14.1. The molecule has 0 spiro atoms. The summed E-state index contributed by atoms with van der Waals surface area (Å²) in [5.41, 5.74) is 0. The van der Waals surface area contributed by atoms with Gasteiger partial charge in [0.05, 0.1) is 0 Å². The Bertz CT molecular complexity index is 194. The van der Waals surface area contributed by atoms with Crippen molar-refractivity contribution in [2.75, 3.05) is 13.1 Å². The highest BCUT2D eigenvalue weighted by Gasteiger charge is 2.16. The van der Waals surface area contributed by atoms with E-state index in [1.54, 1.807) is 6.92 Å². The summed E-state index contributed by atoms with van der Waals surface area (Å²) < 4.78 is 0. The first-order chi connectivity index (χ1) is 6.61. The minimum absolute atomic E-state index is 0.222. The SMILES string of the molecule is CCNCCC(=O)N[C@H](CC)C(=O)O. The maximum Gasteiger partial charge on any atom is 0.326 e. The fraction of sp³-hybridized carbons (Fsp3) is 0.778. The lowest BCUT2D eigenvalue weighted by molar-refractivity contribution is -0.141. The number of aliphatic carboxylic acids is 1. The highest BCUT2D eigenvalue weighted by Crippen LogP contribution is 1.91. The first-order valence-corrected chi connectivity index (χ1v) is 4.84. The number of carbonyl (C=O) groups is 2. The second kappa shape index (κ2) is 7.32. The third kappa shape index (κ3) is 5.53. The molecule has 5 nitrogen and oxygen atoms in total. The summed E-state index contributed by atoms with van der Waals surface area (Å²) in [6.45, 7) is 5.06. The van der Waals surface area contributed by atoms with Crippen LogP contribution in [0.2, 0.25) is 0 Å². The quantitative estimate of drug-likeness (QED) is 0.506. The van der Waals surface area contributed by atoms with E-state index in [4.69, 9.17) is 5.11 Å². The van der Waals surface area contributed by atoms with E-state index < -0.39 is 12.0 Å². The Morgan fingerprint density at radius 1 is 1.36 bits per heavy atom. The van der Waals surface area contributed by atoms with Gasteiger partial charge in [0.15, 0.2) is 0 Å². The van der Waals surface area contributed by atoms with Gasteiger partial charge in [0, 0.05) is 13.0 Å². The standard InChI is InChI=1S/C9H18N2O3/c1-3-7(9(13)14)11-8(12)5-6-10-4-2/h7,10H,3-6H2,1-2H3,(H,11,12)(H,13,14)/t7-/m1/s1. The Labute approximate surface area is 83.9 Å². The molecule has 0 aliphatic carbocycles. The van der Waals surface area contributed by atoms with Crippen LogP contribution in [0.3, 0.4) is 0 Å². The highest BCUT2D eigenvalue weighted by atomic mass is 16.4. The molecule has 0 fully saturated rings. The molecule has 1 atom stereocenters. The van der Waals surface area contributed by atoms with Crippen LogP contribution in [0.5, 0.6) is 0 Å². The van der Waals surface area contributed by atoms with Gasteiger partial charge in [0.1, 0.15) is 6.04 Å². The smallest absolute Gasteiger partial charge is 0.326 e. The first-order valence-electron chi connectivity index (χ1n) is 4.84. The van der Waals surface area contributed by atoms with Gasteiger partial charge in [-0.25, -0.2) is 4.79 Å². The van der Waals surface area contributed by atoms with Crippen LogP contribution in [0, 0.1) is 0 Å². The Balaban J connectivity index is 3.74. The molecule has 0 aromatic carbocycles. The summed E-state index contributed by atoms with van der Waals surface area (Å²) in [6, 6.07) is -0.760. The van der Waals surface area contributed by atoms with Crippen molar-refractivity contribution in [3.8, 4) is 0 Å². The predicted molar refractivity (Wildman–Crippen MR) is 53.0 cm³/mol. The van der Waals surface area contributed by atoms with Gasteiger partial charge in [0.25, 0.3) is 0 Å². The Kier molecular flexibility index (Phi) is 6.74. The van der Waals surface area contributed by atoms with Crippen molar-refractivity contribution in [1.82, 2.24) is 10.6 Å². The lowest BCUT2D eigenvalue weighted by Gasteiger charge is -2.11. The maximum absolute atomic E-state index is 11.2. The van der Waals surface area contributed by atoms with Gasteiger partial charge in [-0.05, 0) is 13.0 Å². The van der Waals surface area contributed by atoms with Crippen LogP contribution < -0.4 is 10.6 Å². The molecule has 0 heterocycles. The van der Waals surface area contributed by atoms with E-state index in [0.29, 0.717) is 19.4 Å². The summed E-state index contributed by atoms with van der Waals surface area (Å²) >= 11 is 0. The molecule has 0 saturated heterocycles. The fourth-order valence-corrected chi connectivity index (χ4v) is 0.984. The fourth-order valence-electron chi connectivity index (χ4n) is 0.984. The number of rotatable bonds is 7. The monoisotopic (exact) mass is 202 g/mol. The number of hydrogen-bond acceptors (Lipinski definition) is 3.